The largest absolute Gasteiger partial charge is 0.310 e. The summed E-state index contributed by atoms with van der Waals surface area (Å²) in [7, 11) is -0.403. The molecule has 0 radical (unpaired) electrons. The van der Waals surface area contributed by atoms with Crippen molar-refractivity contribution in [2.75, 3.05) is 14.1 Å². The second-order valence-corrected chi connectivity index (χ2v) is 7.69. The van der Waals surface area contributed by atoms with E-state index in [1.165, 1.54) is 37.3 Å². The number of rotatable bonds is 5. The molecule has 6 heteroatoms. The molecule has 0 heterocycles. The first kappa shape index (κ1) is 14.8. The fourth-order valence-electron chi connectivity index (χ4n) is 1.90. The normalized spacial score (nSPS) is 16.1. The topological polar surface area (TPSA) is 49.4 Å². The molecule has 1 aliphatic rings. The lowest BCUT2D eigenvalue weighted by Gasteiger charge is -2.17. The number of nitrogens with zero attached hydrogens (tertiary/aromatic N) is 1. The van der Waals surface area contributed by atoms with Crippen molar-refractivity contribution >= 4 is 21.6 Å². The number of halogens is 1. The molecule has 0 aliphatic heterocycles. The van der Waals surface area contributed by atoms with Crippen LogP contribution >= 0.6 is 11.6 Å². The summed E-state index contributed by atoms with van der Waals surface area (Å²) in [5, 5.41) is 3.84. The number of hydrogen-bond donors (Lipinski definition) is 1. The van der Waals surface area contributed by atoms with Gasteiger partial charge in [-0.2, -0.15) is 0 Å². The summed E-state index contributed by atoms with van der Waals surface area (Å²) < 4.78 is 25.7. The van der Waals surface area contributed by atoms with Gasteiger partial charge in [0.1, 0.15) is 0 Å². The van der Waals surface area contributed by atoms with Crippen molar-refractivity contribution in [3.05, 3.63) is 28.3 Å². The molecule has 4 nitrogen and oxygen atoms in total. The average molecular weight is 303 g/mol. The molecule has 1 fully saturated rings. The van der Waals surface area contributed by atoms with E-state index in [0.717, 1.165) is 11.1 Å². The van der Waals surface area contributed by atoms with E-state index in [4.69, 9.17) is 11.6 Å². The Morgan fingerprint density at radius 3 is 2.53 bits per heavy atom. The zero-order chi connectivity index (χ0) is 14.2. The van der Waals surface area contributed by atoms with Gasteiger partial charge in [0.25, 0.3) is 0 Å². The molecule has 19 heavy (non-hydrogen) atoms. The Morgan fingerprint density at radius 1 is 1.37 bits per heavy atom. The third-order valence-electron chi connectivity index (χ3n) is 3.35. The fraction of sp³-hybridized carbons (Fsp3) is 0.538. The SMILES string of the molecule is Cc1c(CNC2CC2)cc(Cl)cc1S(=O)(=O)N(C)C. The van der Waals surface area contributed by atoms with Crippen LogP contribution in [0.25, 0.3) is 0 Å². The molecule has 0 bridgehead atoms. The van der Waals surface area contributed by atoms with E-state index in [9.17, 15) is 8.42 Å². The van der Waals surface area contributed by atoms with Gasteiger partial charge in [0.05, 0.1) is 4.90 Å². The lowest BCUT2D eigenvalue weighted by molar-refractivity contribution is 0.520. The molecule has 0 spiro atoms. The van der Waals surface area contributed by atoms with E-state index in [-0.39, 0.29) is 4.90 Å². The molecule has 106 valence electrons. The highest BCUT2D eigenvalue weighted by atomic mass is 35.5. The summed E-state index contributed by atoms with van der Waals surface area (Å²) in [5.41, 5.74) is 1.71. The summed E-state index contributed by atoms with van der Waals surface area (Å²) in [6.07, 6.45) is 2.39. The Morgan fingerprint density at radius 2 is 2.00 bits per heavy atom. The second-order valence-electron chi connectivity index (χ2n) is 5.13. The van der Waals surface area contributed by atoms with Gasteiger partial charge in [0.2, 0.25) is 10.0 Å². The summed E-state index contributed by atoms with van der Waals surface area (Å²) in [5.74, 6) is 0. The lowest BCUT2D eigenvalue weighted by atomic mass is 10.1. The van der Waals surface area contributed by atoms with Crippen LogP contribution in [0.5, 0.6) is 0 Å². The van der Waals surface area contributed by atoms with Crippen molar-refractivity contribution in [1.29, 1.82) is 0 Å². The van der Waals surface area contributed by atoms with E-state index in [1.807, 2.05) is 13.0 Å². The summed E-state index contributed by atoms with van der Waals surface area (Å²) in [6, 6.07) is 3.93. The van der Waals surface area contributed by atoms with Crippen molar-refractivity contribution in [3.8, 4) is 0 Å². The van der Waals surface area contributed by atoms with Crippen molar-refractivity contribution in [1.82, 2.24) is 9.62 Å². The Balaban J connectivity index is 2.38. The lowest BCUT2D eigenvalue weighted by Crippen LogP contribution is -2.24. The molecular weight excluding hydrogens is 284 g/mol. The number of nitrogens with one attached hydrogen (secondary N) is 1. The zero-order valence-electron chi connectivity index (χ0n) is 11.4. The quantitative estimate of drug-likeness (QED) is 0.907. The molecule has 1 aliphatic carbocycles. The Kier molecular flexibility index (Phi) is 4.20. The van der Waals surface area contributed by atoms with Gasteiger partial charge < -0.3 is 5.32 Å². The molecule has 2 rings (SSSR count). The Hall–Kier alpha value is -0.620. The minimum atomic E-state index is -3.45. The van der Waals surface area contributed by atoms with Crippen LogP contribution in [0.3, 0.4) is 0 Å². The molecule has 0 atom stereocenters. The van der Waals surface area contributed by atoms with Crippen molar-refractivity contribution in [2.45, 2.75) is 37.2 Å². The molecule has 0 aromatic heterocycles. The van der Waals surface area contributed by atoms with Crippen LogP contribution in [0, 0.1) is 6.92 Å². The minimum Gasteiger partial charge on any atom is -0.310 e. The van der Waals surface area contributed by atoms with Crippen molar-refractivity contribution in [3.63, 3.8) is 0 Å². The maximum Gasteiger partial charge on any atom is 0.242 e. The van der Waals surface area contributed by atoms with Crippen LogP contribution in [0.1, 0.15) is 24.0 Å². The van der Waals surface area contributed by atoms with Gasteiger partial charge in [0.15, 0.2) is 0 Å². The third-order valence-corrected chi connectivity index (χ3v) is 5.51. The van der Waals surface area contributed by atoms with Crippen LogP contribution in [0.2, 0.25) is 5.02 Å². The molecule has 0 unspecified atom stereocenters. The molecular formula is C13H19ClN2O2S. The Bertz CT molecular complexity index is 581. The first-order chi connectivity index (χ1) is 8.82. The van der Waals surface area contributed by atoms with Crippen LogP contribution in [0.4, 0.5) is 0 Å². The van der Waals surface area contributed by atoms with Gasteiger partial charge >= 0.3 is 0 Å². The van der Waals surface area contributed by atoms with Crippen molar-refractivity contribution in [2.24, 2.45) is 0 Å². The highest BCUT2D eigenvalue weighted by Crippen LogP contribution is 2.27. The third kappa shape index (κ3) is 3.28. The minimum absolute atomic E-state index is 0.289. The van der Waals surface area contributed by atoms with E-state index in [1.54, 1.807) is 0 Å². The predicted molar refractivity (Wildman–Crippen MR) is 76.9 cm³/mol. The van der Waals surface area contributed by atoms with Crippen LogP contribution in [-0.2, 0) is 16.6 Å². The smallest absolute Gasteiger partial charge is 0.242 e. The van der Waals surface area contributed by atoms with Gasteiger partial charge in [-0.1, -0.05) is 11.6 Å². The maximum absolute atomic E-state index is 12.3. The van der Waals surface area contributed by atoms with Gasteiger partial charge in [-0.3, -0.25) is 0 Å². The van der Waals surface area contributed by atoms with Crippen LogP contribution < -0.4 is 5.32 Å². The monoisotopic (exact) mass is 302 g/mol. The molecule has 1 aromatic carbocycles. The molecule has 1 saturated carbocycles. The van der Waals surface area contributed by atoms with Gasteiger partial charge in [0, 0.05) is 31.7 Å². The molecule has 0 saturated heterocycles. The standard InChI is InChI=1S/C13H19ClN2O2S/c1-9-10(8-15-12-4-5-12)6-11(14)7-13(9)19(17,18)16(2)3/h6-7,12,15H,4-5,8H2,1-3H3. The maximum atomic E-state index is 12.3. The van der Waals surface area contributed by atoms with E-state index < -0.39 is 10.0 Å². The number of benzene rings is 1. The summed E-state index contributed by atoms with van der Waals surface area (Å²) in [4.78, 5) is 0.289. The second kappa shape index (κ2) is 5.40. The van der Waals surface area contributed by atoms with Crippen LogP contribution in [0.15, 0.2) is 17.0 Å². The van der Waals surface area contributed by atoms with Gasteiger partial charge in [-0.15, -0.1) is 0 Å². The number of sulfonamides is 1. The fourth-order valence-corrected chi connectivity index (χ4v) is 3.39. The first-order valence-electron chi connectivity index (χ1n) is 6.27. The zero-order valence-corrected chi connectivity index (χ0v) is 13.0. The van der Waals surface area contributed by atoms with Gasteiger partial charge in [-0.25, -0.2) is 12.7 Å². The molecule has 1 aromatic rings. The summed E-state index contributed by atoms with van der Waals surface area (Å²) in [6.45, 7) is 2.49. The highest BCUT2D eigenvalue weighted by Gasteiger charge is 2.24. The van der Waals surface area contributed by atoms with Crippen molar-refractivity contribution < 1.29 is 8.42 Å². The average Bonchev–Trinajstić information content (AvgIpc) is 3.13. The van der Waals surface area contributed by atoms with Crippen LogP contribution in [-0.4, -0.2) is 32.9 Å². The van der Waals surface area contributed by atoms with E-state index in [2.05, 4.69) is 5.32 Å². The highest BCUT2D eigenvalue weighted by molar-refractivity contribution is 7.89. The molecule has 1 N–H and O–H groups in total. The predicted octanol–water partition coefficient (Wildman–Crippen LogP) is 2.15. The van der Waals surface area contributed by atoms with Gasteiger partial charge in [-0.05, 0) is 43.0 Å². The van der Waals surface area contributed by atoms with E-state index >= 15 is 0 Å². The first-order valence-corrected chi connectivity index (χ1v) is 8.09. The van der Waals surface area contributed by atoms with E-state index in [0.29, 0.717) is 17.6 Å². The number of hydrogen-bond acceptors (Lipinski definition) is 3. The Labute approximate surface area is 119 Å². The molecule has 0 amide bonds. The summed E-state index contributed by atoms with van der Waals surface area (Å²) >= 11 is 6.05.